The summed E-state index contributed by atoms with van der Waals surface area (Å²) in [6.07, 6.45) is 7.69. The van der Waals surface area contributed by atoms with Crippen LogP contribution in [0.3, 0.4) is 0 Å². The van der Waals surface area contributed by atoms with Crippen molar-refractivity contribution >= 4 is 11.6 Å². The molecule has 100 valence electrons. The van der Waals surface area contributed by atoms with Gasteiger partial charge in [0, 0.05) is 6.04 Å². The van der Waals surface area contributed by atoms with Crippen molar-refractivity contribution in [3.05, 3.63) is 34.6 Å². The molecule has 0 saturated heterocycles. The van der Waals surface area contributed by atoms with E-state index in [1.54, 1.807) is 6.07 Å². The second-order valence-corrected chi connectivity index (χ2v) is 5.59. The number of rotatable bonds is 5. The van der Waals surface area contributed by atoms with E-state index in [0.29, 0.717) is 0 Å². The van der Waals surface area contributed by atoms with Gasteiger partial charge in [0.15, 0.2) is 0 Å². The molecule has 18 heavy (non-hydrogen) atoms. The van der Waals surface area contributed by atoms with E-state index in [4.69, 9.17) is 11.6 Å². The van der Waals surface area contributed by atoms with E-state index in [1.807, 2.05) is 13.1 Å². The molecule has 1 aliphatic carbocycles. The number of hydrogen-bond acceptors (Lipinski definition) is 1. The largest absolute Gasteiger partial charge is 0.313 e. The van der Waals surface area contributed by atoms with Gasteiger partial charge in [0.1, 0.15) is 5.82 Å². The molecular formula is C15H21ClFN. The van der Waals surface area contributed by atoms with Crippen LogP contribution in [-0.2, 0) is 0 Å². The van der Waals surface area contributed by atoms with Crippen LogP contribution in [0.25, 0.3) is 0 Å². The highest BCUT2D eigenvalue weighted by Gasteiger charge is 2.19. The van der Waals surface area contributed by atoms with Gasteiger partial charge in [-0.25, -0.2) is 4.39 Å². The first kappa shape index (κ1) is 13.8. The Morgan fingerprint density at radius 2 is 2.11 bits per heavy atom. The van der Waals surface area contributed by atoms with Crippen LogP contribution in [0.5, 0.6) is 0 Å². The summed E-state index contributed by atoms with van der Waals surface area (Å²) < 4.78 is 13.5. The highest BCUT2D eigenvalue weighted by molar-refractivity contribution is 6.31. The maximum atomic E-state index is 13.5. The van der Waals surface area contributed by atoms with Crippen molar-refractivity contribution in [2.45, 2.75) is 44.6 Å². The van der Waals surface area contributed by atoms with Crippen molar-refractivity contribution in [1.82, 2.24) is 5.32 Å². The van der Waals surface area contributed by atoms with Crippen LogP contribution in [0.2, 0.25) is 5.02 Å². The van der Waals surface area contributed by atoms with Crippen LogP contribution in [0.1, 0.15) is 50.1 Å². The van der Waals surface area contributed by atoms with Crippen molar-refractivity contribution in [2.75, 3.05) is 7.05 Å². The van der Waals surface area contributed by atoms with Gasteiger partial charge in [0.25, 0.3) is 0 Å². The molecule has 0 aliphatic heterocycles. The van der Waals surface area contributed by atoms with E-state index >= 15 is 0 Å². The smallest absolute Gasteiger partial charge is 0.142 e. The zero-order valence-electron chi connectivity index (χ0n) is 10.9. The molecule has 1 nitrogen and oxygen atoms in total. The lowest BCUT2D eigenvalue weighted by Crippen LogP contribution is -2.18. The molecule has 1 atom stereocenters. The maximum Gasteiger partial charge on any atom is 0.142 e. The van der Waals surface area contributed by atoms with E-state index < -0.39 is 0 Å². The van der Waals surface area contributed by atoms with Gasteiger partial charge in [-0.2, -0.15) is 0 Å². The summed E-state index contributed by atoms with van der Waals surface area (Å²) in [6.45, 7) is 0. The quantitative estimate of drug-likeness (QED) is 0.816. The van der Waals surface area contributed by atoms with Crippen LogP contribution < -0.4 is 5.32 Å². The van der Waals surface area contributed by atoms with Crippen molar-refractivity contribution in [3.8, 4) is 0 Å². The Bertz CT molecular complexity index is 388. The molecule has 3 heteroatoms. The molecule has 0 heterocycles. The van der Waals surface area contributed by atoms with Crippen LogP contribution in [0, 0.1) is 11.7 Å². The summed E-state index contributed by atoms with van der Waals surface area (Å²) in [7, 11) is 1.92. The third-order valence-corrected chi connectivity index (χ3v) is 4.44. The minimum atomic E-state index is -0.324. The molecule has 1 N–H and O–H groups in total. The molecule has 1 aromatic carbocycles. The summed E-state index contributed by atoms with van der Waals surface area (Å²) in [5.41, 5.74) is 0.886. The first-order valence-corrected chi connectivity index (χ1v) is 7.21. The topological polar surface area (TPSA) is 12.0 Å². The van der Waals surface area contributed by atoms with E-state index in [9.17, 15) is 4.39 Å². The van der Waals surface area contributed by atoms with Gasteiger partial charge in [-0.1, -0.05) is 49.4 Å². The van der Waals surface area contributed by atoms with Crippen molar-refractivity contribution in [2.24, 2.45) is 5.92 Å². The zero-order valence-corrected chi connectivity index (χ0v) is 11.6. The molecule has 0 radical (unpaired) electrons. The minimum Gasteiger partial charge on any atom is -0.313 e. The normalized spacial score (nSPS) is 18.2. The minimum absolute atomic E-state index is 0.161. The average Bonchev–Trinajstić information content (AvgIpc) is 2.88. The standard InChI is InChI=1S/C15H21ClFN/c1-18-14(10-9-11-5-2-3-6-11)12-7-4-8-13(17)15(12)16/h4,7-8,11,14,18H,2-3,5-6,9-10H2,1H3. The summed E-state index contributed by atoms with van der Waals surface area (Å²) in [5.74, 6) is 0.531. The fraction of sp³-hybridized carbons (Fsp3) is 0.600. The third kappa shape index (κ3) is 3.24. The zero-order chi connectivity index (χ0) is 13.0. The van der Waals surface area contributed by atoms with Crippen LogP contribution in [-0.4, -0.2) is 7.05 Å². The third-order valence-electron chi connectivity index (χ3n) is 4.04. The first-order valence-electron chi connectivity index (χ1n) is 6.83. The Hall–Kier alpha value is -0.600. The Morgan fingerprint density at radius 1 is 1.39 bits per heavy atom. The second kappa shape index (κ2) is 6.53. The summed E-state index contributed by atoms with van der Waals surface area (Å²) in [4.78, 5) is 0. The van der Waals surface area contributed by atoms with Gasteiger partial charge < -0.3 is 5.32 Å². The van der Waals surface area contributed by atoms with Gasteiger partial charge in [-0.05, 0) is 37.4 Å². The van der Waals surface area contributed by atoms with Crippen molar-refractivity contribution in [1.29, 1.82) is 0 Å². The Kier molecular flexibility index (Phi) is 5.02. The second-order valence-electron chi connectivity index (χ2n) is 5.21. The van der Waals surface area contributed by atoms with Gasteiger partial charge >= 0.3 is 0 Å². The van der Waals surface area contributed by atoms with Gasteiger partial charge in [0.2, 0.25) is 0 Å². The molecule has 2 rings (SSSR count). The van der Waals surface area contributed by atoms with E-state index in [1.165, 1.54) is 38.2 Å². The van der Waals surface area contributed by atoms with Crippen LogP contribution in [0.15, 0.2) is 18.2 Å². The summed E-state index contributed by atoms with van der Waals surface area (Å²) in [6, 6.07) is 5.22. The van der Waals surface area contributed by atoms with Gasteiger partial charge in [-0.3, -0.25) is 0 Å². The molecule has 1 aromatic rings. The molecule has 1 unspecified atom stereocenters. The Labute approximate surface area is 114 Å². The number of benzene rings is 1. The molecule has 0 spiro atoms. The predicted octanol–water partition coefficient (Wildman–Crippen LogP) is 4.71. The molecular weight excluding hydrogens is 249 g/mol. The molecule has 1 saturated carbocycles. The predicted molar refractivity (Wildman–Crippen MR) is 74.4 cm³/mol. The average molecular weight is 270 g/mol. The maximum absolute atomic E-state index is 13.5. The fourth-order valence-corrected chi connectivity index (χ4v) is 3.20. The number of nitrogens with one attached hydrogen (secondary N) is 1. The number of hydrogen-bond donors (Lipinski definition) is 1. The summed E-state index contributed by atoms with van der Waals surface area (Å²) >= 11 is 6.05. The van der Waals surface area contributed by atoms with Gasteiger partial charge in [0.05, 0.1) is 5.02 Å². The van der Waals surface area contributed by atoms with Crippen LogP contribution >= 0.6 is 11.6 Å². The van der Waals surface area contributed by atoms with Crippen molar-refractivity contribution < 1.29 is 4.39 Å². The first-order chi connectivity index (χ1) is 8.72. The molecule has 1 aliphatic rings. The molecule has 0 aromatic heterocycles. The van der Waals surface area contributed by atoms with Crippen LogP contribution in [0.4, 0.5) is 4.39 Å². The highest BCUT2D eigenvalue weighted by Crippen LogP contribution is 2.33. The lowest BCUT2D eigenvalue weighted by molar-refractivity contribution is 0.426. The SMILES string of the molecule is CNC(CCC1CCCC1)c1cccc(F)c1Cl. The van der Waals surface area contributed by atoms with Gasteiger partial charge in [-0.15, -0.1) is 0 Å². The molecule has 0 bridgehead atoms. The summed E-state index contributed by atoms with van der Waals surface area (Å²) in [5, 5.41) is 3.53. The lowest BCUT2D eigenvalue weighted by atomic mass is 9.95. The monoisotopic (exact) mass is 269 g/mol. The lowest BCUT2D eigenvalue weighted by Gasteiger charge is -2.20. The fourth-order valence-electron chi connectivity index (χ4n) is 2.95. The molecule has 1 fully saturated rings. The van der Waals surface area contributed by atoms with E-state index in [0.717, 1.165) is 17.9 Å². The number of halogens is 2. The molecule has 0 amide bonds. The Morgan fingerprint density at radius 3 is 2.78 bits per heavy atom. The highest BCUT2D eigenvalue weighted by atomic mass is 35.5. The Balaban J connectivity index is 2.00. The van der Waals surface area contributed by atoms with Crippen molar-refractivity contribution in [3.63, 3.8) is 0 Å². The van der Waals surface area contributed by atoms with E-state index in [2.05, 4.69) is 5.32 Å². The van der Waals surface area contributed by atoms with E-state index in [-0.39, 0.29) is 16.9 Å².